The molecule has 32 heavy (non-hydrogen) atoms. The third kappa shape index (κ3) is 2.11. The summed E-state index contributed by atoms with van der Waals surface area (Å²) in [5.74, 6) is -1.45. The fourth-order valence-corrected chi connectivity index (χ4v) is 5.48. The minimum Gasteiger partial charge on any atom is -0.458 e. The molecule has 0 unspecified atom stereocenters. The molecule has 0 fully saturated rings. The maximum Gasteiger partial charge on any atom is 0.343 e. The summed E-state index contributed by atoms with van der Waals surface area (Å²) in [6.07, 6.45) is 1.32. The van der Waals surface area contributed by atoms with Gasteiger partial charge >= 0.3 is 5.97 Å². The summed E-state index contributed by atoms with van der Waals surface area (Å²) in [5.41, 5.74) is 6.17. The number of ether oxygens (including phenoxy) is 1. The number of esters is 1. The van der Waals surface area contributed by atoms with Gasteiger partial charge in [0, 0.05) is 23.1 Å². The molecule has 8 nitrogen and oxygen atoms in total. The van der Waals surface area contributed by atoms with Crippen molar-refractivity contribution in [1.29, 1.82) is 0 Å². The van der Waals surface area contributed by atoms with Crippen molar-refractivity contribution in [2.24, 2.45) is 0 Å². The van der Waals surface area contributed by atoms with Crippen LogP contribution in [0.4, 0.5) is 10.1 Å². The first-order valence-corrected chi connectivity index (χ1v) is 10.6. The van der Waals surface area contributed by atoms with Gasteiger partial charge < -0.3 is 24.7 Å². The first-order chi connectivity index (χ1) is 15.3. The molecule has 164 valence electrons. The highest BCUT2D eigenvalue weighted by Gasteiger charge is 2.45. The summed E-state index contributed by atoms with van der Waals surface area (Å²) in [5, 5.41) is 11.2. The average molecular weight is 437 g/mol. The molecule has 9 heteroatoms. The summed E-state index contributed by atoms with van der Waals surface area (Å²) < 4.78 is 23.1. The first kappa shape index (κ1) is 19.2. The Kier molecular flexibility index (Phi) is 3.65. The molecule has 0 aliphatic carbocycles. The zero-order chi connectivity index (χ0) is 22.5. The number of rotatable bonds is 1. The van der Waals surface area contributed by atoms with Crippen LogP contribution in [0, 0.1) is 5.82 Å². The zero-order valence-electron chi connectivity index (χ0n) is 17.3. The number of carbonyl (C=O) groups excluding carboxylic acids is 1. The second-order valence-electron chi connectivity index (χ2n) is 8.66. The fraction of sp³-hybridized carbons (Fsp3) is 0.348. The van der Waals surface area contributed by atoms with Crippen LogP contribution in [0.25, 0.3) is 22.2 Å². The average Bonchev–Trinajstić information content (AvgIpc) is 3.18. The van der Waals surface area contributed by atoms with Gasteiger partial charge in [0.25, 0.3) is 5.56 Å². The molecule has 1 aromatic carbocycles. The highest BCUT2D eigenvalue weighted by molar-refractivity contribution is 5.92. The number of nitrogens with two attached hydrogens (primary N) is 1. The number of aliphatic hydroxyl groups is 1. The third-order valence-electron chi connectivity index (χ3n) is 7.17. The normalized spacial score (nSPS) is 20.7. The Hall–Kier alpha value is -3.46. The van der Waals surface area contributed by atoms with Crippen molar-refractivity contribution in [3.8, 4) is 11.3 Å². The van der Waals surface area contributed by atoms with Gasteiger partial charge in [0.05, 0.1) is 40.3 Å². The molecule has 0 saturated heterocycles. The lowest BCUT2D eigenvalue weighted by molar-refractivity contribution is -0.172. The van der Waals surface area contributed by atoms with Crippen molar-refractivity contribution >= 4 is 22.6 Å². The van der Waals surface area contributed by atoms with Gasteiger partial charge in [-0.15, -0.1) is 0 Å². The Morgan fingerprint density at radius 2 is 2.00 bits per heavy atom. The van der Waals surface area contributed by atoms with Crippen LogP contribution in [0.2, 0.25) is 0 Å². The van der Waals surface area contributed by atoms with Crippen LogP contribution in [0.15, 0.2) is 21.7 Å². The molecule has 0 amide bonds. The Labute approximate surface area is 180 Å². The standard InChI is InChI=1S/C23H20FN3O5/c1-2-23(31)13-7-15-17-16(8-27(15)21(29)12(13)9-32-22(23)30)26-5-3-4-10-18(25)14(24)6-11(19(10)26)20(17)28/h6-7,31H,2-5,8-9,25H2,1H3/t23-/m0/s1. The maximum atomic E-state index is 14.5. The maximum absolute atomic E-state index is 14.5. The second kappa shape index (κ2) is 6.07. The van der Waals surface area contributed by atoms with E-state index >= 15 is 0 Å². The number of aromatic nitrogens is 2. The molecule has 3 N–H and O–H groups in total. The van der Waals surface area contributed by atoms with Crippen molar-refractivity contribution < 1.29 is 19.0 Å². The van der Waals surface area contributed by atoms with Crippen molar-refractivity contribution in [3.63, 3.8) is 0 Å². The predicted octanol–water partition coefficient (Wildman–Crippen LogP) is 1.51. The number of pyridine rings is 2. The lowest BCUT2D eigenvalue weighted by Crippen LogP contribution is -2.44. The molecule has 5 heterocycles. The molecule has 3 aliphatic heterocycles. The van der Waals surface area contributed by atoms with Crippen molar-refractivity contribution in [3.05, 3.63) is 60.9 Å². The quantitative estimate of drug-likeness (QED) is 0.345. The first-order valence-electron chi connectivity index (χ1n) is 10.6. The summed E-state index contributed by atoms with van der Waals surface area (Å²) in [7, 11) is 0. The molecule has 3 aromatic rings. The topological polar surface area (TPSA) is 117 Å². The number of benzene rings is 1. The number of anilines is 1. The monoisotopic (exact) mass is 437 g/mol. The van der Waals surface area contributed by atoms with E-state index in [2.05, 4.69) is 0 Å². The molecule has 3 aliphatic rings. The van der Waals surface area contributed by atoms with Crippen LogP contribution in [0.5, 0.6) is 0 Å². The van der Waals surface area contributed by atoms with Gasteiger partial charge in [0.2, 0.25) is 0 Å². The van der Waals surface area contributed by atoms with Crippen LogP contribution < -0.4 is 16.7 Å². The number of aryl methyl sites for hydroxylation is 2. The van der Waals surface area contributed by atoms with Gasteiger partial charge in [0.1, 0.15) is 12.4 Å². The number of halogens is 1. The van der Waals surface area contributed by atoms with E-state index in [1.807, 2.05) is 4.57 Å². The number of hydrogen-bond donors (Lipinski definition) is 2. The summed E-state index contributed by atoms with van der Waals surface area (Å²) >= 11 is 0. The summed E-state index contributed by atoms with van der Waals surface area (Å²) in [6, 6.07) is 2.71. The van der Waals surface area contributed by atoms with E-state index in [9.17, 15) is 23.9 Å². The van der Waals surface area contributed by atoms with Crippen molar-refractivity contribution in [2.75, 3.05) is 5.73 Å². The SMILES string of the molecule is CC[C@@]1(O)C(=O)OCc2c1cc1n(c2=O)Cc2c-1c(=O)c1cc(F)c(N)c3c1n2CCC3. The van der Waals surface area contributed by atoms with Crippen molar-refractivity contribution in [1.82, 2.24) is 9.13 Å². The number of nitrogen functional groups attached to an aromatic ring is 1. The molecular weight excluding hydrogens is 417 g/mol. The third-order valence-corrected chi connectivity index (χ3v) is 7.17. The minimum atomic E-state index is -1.96. The van der Waals surface area contributed by atoms with E-state index in [1.54, 1.807) is 13.0 Å². The number of hydrogen-bond acceptors (Lipinski definition) is 6. The lowest BCUT2D eigenvalue weighted by Gasteiger charge is -2.31. The van der Waals surface area contributed by atoms with Crippen LogP contribution in [-0.2, 0) is 41.2 Å². The van der Waals surface area contributed by atoms with Gasteiger partial charge in [-0.2, -0.15) is 0 Å². The van der Waals surface area contributed by atoms with E-state index in [0.29, 0.717) is 41.0 Å². The summed E-state index contributed by atoms with van der Waals surface area (Å²) in [6.45, 7) is 2.16. The highest BCUT2D eigenvalue weighted by Crippen LogP contribution is 2.40. The Morgan fingerprint density at radius 3 is 2.75 bits per heavy atom. The van der Waals surface area contributed by atoms with Crippen LogP contribution in [-0.4, -0.2) is 20.2 Å². The van der Waals surface area contributed by atoms with Gasteiger partial charge in [-0.05, 0) is 31.4 Å². The minimum absolute atomic E-state index is 0.0182. The molecule has 6 rings (SSSR count). The number of nitrogens with zero attached hydrogens (tertiary/aromatic N) is 2. The van der Waals surface area contributed by atoms with Gasteiger partial charge in [-0.25, -0.2) is 9.18 Å². The second-order valence-corrected chi connectivity index (χ2v) is 8.66. The van der Waals surface area contributed by atoms with Gasteiger partial charge in [-0.1, -0.05) is 6.92 Å². The molecule has 0 bridgehead atoms. The van der Waals surface area contributed by atoms with Crippen LogP contribution in [0.1, 0.15) is 42.1 Å². The van der Waals surface area contributed by atoms with E-state index in [1.165, 1.54) is 4.57 Å². The molecule has 2 aromatic heterocycles. The number of carbonyl (C=O) groups is 1. The van der Waals surface area contributed by atoms with Gasteiger partial charge in [-0.3, -0.25) is 9.59 Å². The van der Waals surface area contributed by atoms with E-state index in [4.69, 9.17) is 10.5 Å². The predicted molar refractivity (Wildman–Crippen MR) is 114 cm³/mol. The van der Waals surface area contributed by atoms with Gasteiger partial charge in [0.15, 0.2) is 11.0 Å². The van der Waals surface area contributed by atoms with E-state index in [-0.39, 0.29) is 41.8 Å². The highest BCUT2D eigenvalue weighted by atomic mass is 19.1. The fourth-order valence-electron chi connectivity index (χ4n) is 5.48. The van der Waals surface area contributed by atoms with Crippen LogP contribution in [0.3, 0.4) is 0 Å². The molecular formula is C23H20FN3O5. The lowest BCUT2D eigenvalue weighted by atomic mass is 9.85. The van der Waals surface area contributed by atoms with E-state index < -0.39 is 28.4 Å². The number of fused-ring (bicyclic) bond motifs is 5. The molecule has 1 atom stereocenters. The number of cyclic esters (lactones) is 1. The largest absolute Gasteiger partial charge is 0.458 e. The van der Waals surface area contributed by atoms with Crippen LogP contribution >= 0.6 is 0 Å². The smallest absolute Gasteiger partial charge is 0.343 e. The zero-order valence-corrected chi connectivity index (χ0v) is 17.3. The Bertz CT molecular complexity index is 1520. The molecule has 0 saturated carbocycles. The van der Waals surface area contributed by atoms with Crippen molar-refractivity contribution in [2.45, 2.75) is 51.5 Å². The molecule has 0 spiro atoms. The summed E-state index contributed by atoms with van der Waals surface area (Å²) in [4.78, 5) is 39.2. The Morgan fingerprint density at radius 1 is 1.22 bits per heavy atom. The molecule has 0 radical (unpaired) electrons. The Balaban J connectivity index is 1.74. The van der Waals surface area contributed by atoms with E-state index in [0.717, 1.165) is 12.5 Å².